The van der Waals surface area contributed by atoms with Crippen LogP contribution in [0, 0.1) is 19.7 Å². The van der Waals surface area contributed by atoms with E-state index in [1.165, 1.54) is 18.2 Å². The molecule has 1 fully saturated rings. The van der Waals surface area contributed by atoms with Crippen LogP contribution in [0.5, 0.6) is 0 Å². The number of oxazole rings is 1. The molecule has 0 aliphatic carbocycles. The minimum Gasteiger partial charge on any atom is -0.436 e. The van der Waals surface area contributed by atoms with E-state index in [9.17, 15) is 9.18 Å². The van der Waals surface area contributed by atoms with E-state index in [0.717, 1.165) is 31.6 Å². The highest BCUT2D eigenvalue weighted by atomic mass is 19.1. The Kier molecular flexibility index (Phi) is 4.61. The number of nitrogens with one attached hydrogen (secondary N) is 1. The molecule has 0 saturated carbocycles. The van der Waals surface area contributed by atoms with Crippen molar-refractivity contribution < 1.29 is 13.6 Å². The summed E-state index contributed by atoms with van der Waals surface area (Å²) in [5, 5.41) is 7.11. The largest absolute Gasteiger partial charge is 0.436 e. The molecule has 1 amide bonds. The normalized spacial score (nSPS) is 13.8. The number of halogens is 1. The van der Waals surface area contributed by atoms with Crippen LogP contribution in [-0.4, -0.2) is 43.6 Å². The van der Waals surface area contributed by atoms with E-state index < -0.39 is 11.7 Å². The Morgan fingerprint density at radius 3 is 2.74 bits per heavy atom. The first-order chi connectivity index (χ1) is 15.0. The fourth-order valence-corrected chi connectivity index (χ4v) is 3.73. The predicted octanol–water partition coefficient (Wildman–Crippen LogP) is 3.39. The Labute approximate surface area is 176 Å². The summed E-state index contributed by atoms with van der Waals surface area (Å²) in [6.45, 7) is 5.31. The van der Waals surface area contributed by atoms with Crippen LogP contribution in [0.1, 0.15) is 35.0 Å². The SMILES string of the molecule is Cc1nc(C)c(C(=O)Nc2ccc(F)c(-c3nc4ncc(N5CCCC5)cn4n3)c2)o1. The second-order valence-electron chi connectivity index (χ2n) is 7.48. The highest BCUT2D eigenvalue weighted by Gasteiger charge is 2.19. The molecule has 1 aromatic carbocycles. The summed E-state index contributed by atoms with van der Waals surface area (Å²) >= 11 is 0. The van der Waals surface area contributed by atoms with Gasteiger partial charge in [0.05, 0.1) is 29.3 Å². The number of benzene rings is 1. The maximum atomic E-state index is 14.6. The lowest BCUT2D eigenvalue weighted by Gasteiger charge is -2.16. The van der Waals surface area contributed by atoms with Gasteiger partial charge in [-0.2, -0.15) is 4.98 Å². The number of aromatic nitrogens is 5. The minimum atomic E-state index is -0.500. The first kappa shape index (κ1) is 19.2. The quantitative estimate of drug-likeness (QED) is 0.539. The van der Waals surface area contributed by atoms with Crippen molar-refractivity contribution in [2.45, 2.75) is 26.7 Å². The molecule has 1 saturated heterocycles. The fourth-order valence-electron chi connectivity index (χ4n) is 3.73. The van der Waals surface area contributed by atoms with Crippen molar-refractivity contribution in [2.24, 2.45) is 0 Å². The third-order valence-electron chi connectivity index (χ3n) is 5.23. The predicted molar refractivity (Wildman–Crippen MR) is 112 cm³/mol. The molecule has 0 bridgehead atoms. The van der Waals surface area contributed by atoms with Crippen LogP contribution in [0.3, 0.4) is 0 Å². The molecule has 0 atom stereocenters. The van der Waals surface area contributed by atoms with Crippen molar-refractivity contribution in [1.29, 1.82) is 0 Å². The van der Waals surface area contributed by atoms with Crippen molar-refractivity contribution in [1.82, 2.24) is 24.6 Å². The van der Waals surface area contributed by atoms with E-state index in [0.29, 0.717) is 23.0 Å². The zero-order valence-corrected chi connectivity index (χ0v) is 17.1. The number of carbonyl (C=O) groups is 1. The molecule has 10 heteroatoms. The third kappa shape index (κ3) is 3.60. The average molecular weight is 421 g/mol. The van der Waals surface area contributed by atoms with Gasteiger partial charge in [-0.25, -0.2) is 18.9 Å². The molecule has 1 aliphatic rings. The molecule has 0 spiro atoms. The maximum absolute atomic E-state index is 14.6. The first-order valence-electron chi connectivity index (χ1n) is 10.0. The lowest BCUT2D eigenvalue weighted by atomic mass is 10.1. The topological polar surface area (TPSA) is 101 Å². The molecule has 31 heavy (non-hydrogen) atoms. The summed E-state index contributed by atoms with van der Waals surface area (Å²) in [6.07, 6.45) is 5.91. The van der Waals surface area contributed by atoms with Crippen LogP contribution in [0.4, 0.5) is 15.8 Å². The lowest BCUT2D eigenvalue weighted by molar-refractivity contribution is 0.0994. The molecular formula is C21H20FN7O2. The first-order valence-corrected chi connectivity index (χ1v) is 10.0. The maximum Gasteiger partial charge on any atom is 0.293 e. The molecule has 0 radical (unpaired) electrons. The van der Waals surface area contributed by atoms with Crippen LogP contribution in [0.2, 0.25) is 0 Å². The summed E-state index contributed by atoms with van der Waals surface area (Å²) in [5.41, 5.74) is 2.00. The van der Waals surface area contributed by atoms with E-state index >= 15 is 0 Å². The van der Waals surface area contributed by atoms with Crippen molar-refractivity contribution in [3.63, 3.8) is 0 Å². The van der Waals surface area contributed by atoms with E-state index in [-0.39, 0.29) is 17.1 Å². The lowest BCUT2D eigenvalue weighted by Crippen LogP contribution is -2.18. The summed E-state index contributed by atoms with van der Waals surface area (Å²) in [6, 6.07) is 4.22. The van der Waals surface area contributed by atoms with Gasteiger partial charge in [-0.1, -0.05) is 0 Å². The summed E-state index contributed by atoms with van der Waals surface area (Å²) in [7, 11) is 0. The van der Waals surface area contributed by atoms with E-state index in [1.807, 2.05) is 6.20 Å². The van der Waals surface area contributed by atoms with E-state index in [2.05, 4.69) is 30.3 Å². The monoisotopic (exact) mass is 421 g/mol. The van der Waals surface area contributed by atoms with Crippen LogP contribution >= 0.6 is 0 Å². The number of carbonyl (C=O) groups excluding carboxylic acids is 1. The number of aryl methyl sites for hydroxylation is 2. The molecule has 1 aliphatic heterocycles. The van der Waals surface area contributed by atoms with Gasteiger partial charge in [-0.05, 0) is 38.0 Å². The van der Waals surface area contributed by atoms with E-state index in [1.54, 1.807) is 24.6 Å². The highest BCUT2D eigenvalue weighted by molar-refractivity contribution is 6.03. The van der Waals surface area contributed by atoms with Gasteiger partial charge in [0.25, 0.3) is 11.7 Å². The summed E-state index contributed by atoms with van der Waals surface area (Å²) in [5.74, 6) is 0.117. The van der Waals surface area contributed by atoms with Crippen molar-refractivity contribution in [2.75, 3.05) is 23.3 Å². The van der Waals surface area contributed by atoms with Crippen LogP contribution in [-0.2, 0) is 0 Å². The van der Waals surface area contributed by atoms with Gasteiger partial charge in [0, 0.05) is 25.7 Å². The Morgan fingerprint density at radius 1 is 1.19 bits per heavy atom. The van der Waals surface area contributed by atoms with Gasteiger partial charge in [0.2, 0.25) is 5.76 Å². The summed E-state index contributed by atoms with van der Waals surface area (Å²) in [4.78, 5) is 27.5. The Balaban J connectivity index is 1.45. The number of nitrogens with zero attached hydrogens (tertiary/aromatic N) is 6. The highest BCUT2D eigenvalue weighted by Crippen LogP contribution is 2.25. The molecule has 3 aromatic heterocycles. The number of amides is 1. The van der Waals surface area contributed by atoms with Gasteiger partial charge in [0.15, 0.2) is 11.7 Å². The average Bonchev–Trinajstić information content (AvgIpc) is 3.48. The zero-order chi connectivity index (χ0) is 21.5. The van der Waals surface area contributed by atoms with Gasteiger partial charge in [-0.15, -0.1) is 5.10 Å². The van der Waals surface area contributed by atoms with Gasteiger partial charge >= 0.3 is 0 Å². The van der Waals surface area contributed by atoms with Crippen LogP contribution in [0.15, 0.2) is 35.0 Å². The Bertz CT molecular complexity index is 1290. The van der Waals surface area contributed by atoms with Crippen LogP contribution in [0.25, 0.3) is 17.2 Å². The fraction of sp³-hybridized carbons (Fsp3) is 0.286. The molecule has 5 rings (SSSR count). The van der Waals surface area contributed by atoms with Crippen molar-refractivity contribution in [3.8, 4) is 11.4 Å². The Hall–Kier alpha value is -3.82. The number of hydrogen-bond acceptors (Lipinski definition) is 7. The van der Waals surface area contributed by atoms with Crippen LogP contribution < -0.4 is 10.2 Å². The van der Waals surface area contributed by atoms with Gasteiger partial charge < -0.3 is 14.6 Å². The molecular weight excluding hydrogens is 401 g/mol. The second-order valence-corrected chi connectivity index (χ2v) is 7.48. The molecule has 4 aromatic rings. The summed E-state index contributed by atoms with van der Waals surface area (Å²) < 4.78 is 21.5. The van der Waals surface area contributed by atoms with Crippen molar-refractivity contribution >= 4 is 23.1 Å². The standard InChI is InChI=1S/C21H20FN7O2/c1-12-18(31-13(2)24-12)20(30)25-14-5-6-17(22)16(9-14)19-26-21-23-10-15(11-29(21)27-19)28-7-3-4-8-28/h5-6,9-11H,3-4,7-8H2,1-2H3,(H,25,30). The zero-order valence-electron chi connectivity index (χ0n) is 17.1. The second kappa shape index (κ2) is 7.46. The number of rotatable bonds is 4. The number of hydrogen-bond donors (Lipinski definition) is 1. The smallest absolute Gasteiger partial charge is 0.293 e. The van der Waals surface area contributed by atoms with Crippen molar-refractivity contribution in [3.05, 3.63) is 53.8 Å². The van der Waals surface area contributed by atoms with E-state index in [4.69, 9.17) is 4.42 Å². The molecule has 4 heterocycles. The van der Waals surface area contributed by atoms with Gasteiger partial charge in [0.1, 0.15) is 5.82 Å². The molecule has 1 N–H and O–H groups in total. The molecule has 0 unspecified atom stereocenters. The molecule has 158 valence electrons. The number of fused-ring (bicyclic) bond motifs is 1. The molecule has 9 nitrogen and oxygen atoms in total. The van der Waals surface area contributed by atoms with Gasteiger partial charge in [-0.3, -0.25) is 4.79 Å². The third-order valence-corrected chi connectivity index (χ3v) is 5.23. The minimum absolute atomic E-state index is 0.118. The Morgan fingerprint density at radius 2 is 2.00 bits per heavy atom. The number of anilines is 2.